The van der Waals surface area contributed by atoms with Crippen molar-refractivity contribution in [2.24, 2.45) is 32.9 Å². The van der Waals surface area contributed by atoms with Crippen LogP contribution in [0.5, 0.6) is 5.75 Å². The highest BCUT2D eigenvalue weighted by Gasteiger charge is 2.16. The first-order valence-corrected chi connectivity index (χ1v) is 18.3. The lowest BCUT2D eigenvalue weighted by atomic mass is 10.1. The van der Waals surface area contributed by atoms with Crippen molar-refractivity contribution in [3.8, 4) is 5.75 Å². The molecule has 1 heterocycles. The molecule has 2 aromatic rings. The Morgan fingerprint density at radius 3 is 1.70 bits per heavy atom. The van der Waals surface area contributed by atoms with E-state index in [9.17, 15) is 9.90 Å². The normalized spacial score (nSPS) is 12.8. The van der Waals surface area contributed by atoms with Crippen LogP contribution in [0.15, 0.2) is 39.8 Å². The maximum absolute atomic E-state index is 12.1. The summed E-state index contributed by atoms with van der Waals surface area (Å²) in [6, 6.07) is 6.75. The van der Waals surface area contributed by atoms with Crippen LogP contribution in [0.25, 0.3) is 16.6 Å². The van der Waals surface area contributed by atoms with Crippen LogP contribution in [0.3, 0.4) is 0 Å². The van der Waals surface area contributed by atoms with Gasteiger partial charge in [-0.05, 0) is 37.1 Å². The number of aliphatic imine (C=N–C) groups is 2. The first kappa shape index (κ1) is 46.3. The van der Waals surface area contributed by atoms with Gasteiger partial charge in [-0.1, -0.05) is 0 Å². The lowest BCUT2D eigenvalue weighted by Crippen LogP contribution is -2.30. The molecule has 0 bridgehead atoms. The summed E-state index contributed by atoms with van der Waals surface area (Å²) < 4.78 is 43.4. The van der Waals surface area contributed by atoms with E-state index in [-0.39, 0.29) is 29.7 Å². The van der Waals surface area contributed by atoms with Gasteiger partial charge < -0.3 is 76.2 Å². The second-order valence-corrected chi connectivity index (χ2v) is 11.6. The fourth-order valence-electron chi connectivity index (χ4n) is 4.64. The van der Waals surface area contributed by atoms with Crippen LogP contribution < -0.4 is 28.3 Å². The number of carbonyl (C=O) groups is 1. The summed E-state index contributed by atoms with van der Waals surface area (Å²) in [7, 11) is 1.54. The summed E-state index contributed by atoms with van der Waals surface area (Å²) in [4.78, 5) is 23.8. The number of hydrogen-bond acceptors (Lipinski definition) is 14. The molecular formula is C36H62N8O10. The molecule has 0 unspecified atom stereocenters. The number of fused-ring (bicyclic) bond motifs is 1. The van der Waals surface area contributed by atoms with Crippen LogP contribution in [-0.4, -0.2) is 160 Å². The van der Waals surface area contributed by atoms with Crippen molar-refractivity contribution in [2.75, 3.05) is 132 Å². The zero-order valence-electron chi connectivity index (χ0n) is 31.7. The quantitative estimate of drug-likeness (QED) is 0.0286. The van der Waals surface area contributed by atoms with Gasteiger partial charge in [0, 0.05) is 44.0 Å². The molecule has 1 aromatic carbocycles. The summed E-state index contributed by atoms with van der Waals surface area (Å²) in [5, 5.41) is 13.4. The van der Waals surface area contributed by atoms with E-state index in [0.717, 1.165) is 10.9 Å². The Balaban J connectivity index is 1.39. The number of nitrogens with two attached hydrogens (primary N) is 4. The van der Waals surface area contributed by atoms with E-state index < -0.39 is 0 Å². The number of rotatable bonds is 34. The van der Waals surface area contributed by atoms with Crippen LogP contribution in [0, 0.1) is 0 Å². The number of H-pyrrole nitrogens is 1. The molecule has 0 saturated heterocycles. The fraction of sp³-hybridized carbons (Fsp3) is 0.639. The van der Waals surface area contributed by atoms with Crippen LogP contribution in [0.1, 0.15) is 25.0 Å². The molecule has 54 heavy (non-hydrogen) atoms. The molecule has 306 valence electrons. The van der Waals surface area contributed by atoms with Crippen molar-refractivity contribution in [3.05, 3.63) is 35.5 Å². The summed E-state index contributed by atoms with van der Waals surface area (Å²) in [5.74, 6) is 0.369. The van der Waals surface area contributed by atoms with E-state index in [1.54, 1.807) is 31.3 Å². The third kappa shape index (κ3) is 21.1. The monoisotopic (exact) mass is 766 g/mol. The highest BCUT2D eigenvalue weighted by Crippen LogP contribution is 2.24. The topological polar surface area (TPSA) is 268 Å². The van der Waals surface area contributed by atoms with Gasteiger partial charge in [-0.25, -0.2) is 0 Å². The number of aromatic amines is 1. The number of amidine groups is 2. The highest BCUT2D eigenvalue weighted by molar-refractivity contribution is 6.26. The van der Waals surface area contributed by atoms with Gasteiger partial charge in [-0.3, -0.25) is 14.8 Å². The highest BCUT2D eigenvalue weighted by atomic mass is 16.6. The number of nitrogens with zero attached hydrogens (tertiary/aromatic N) is 2. The molecule has 0 radical (unpaired) electrons. The molecule has 0 aliphatic carbocycles. The molecule has 2 rings (SSSR count). The van der Waals surface area contributed by atoms with Crippen molar-refractivity contribution in [1.82, 2.24) is 10.3 Å². The van der Waals surface area contributed by atoms with Crippen LogP contribution in [0.4, 0.5) is 0 Å². The van der Waals surface area contributed by atoms with Crippen molar-refractivity contribution >= 4 is 34.2 Å². The number of aromatic hydroxyl groups is 1. The number of ether oxygens (including phenoxy) is 8. The maximum Gasteiger partial charge on any atom is 0.222 e. The van der Waals surface area contributed by atoms with Crippen LogP contribution >= 0.6 is 0 Å². The molecule has 0 fully saturated rings. The fourth-order valence-corrected chi connectivity index (χ4v) is 4.64. The van der Waals surface area contributed by atoms with E-state index >= 15 is 0 Å². The molecule has 18 heteroatoms. The molecule has 1 amide bonds. The first-order valence-electron chi connectivity index (χ1n) is 18.3. The number of carbonyl (C=O) groups excluding carboxylic acids is 1. The van der Waals surface area contributed by atoms with E-state index in [4.69, 9.17) is 60.8 Å². The lowest BCUT2D eigenvalue weighted by molar-refractivity contribution is -0.122. The van der Waals surface area contributed by atoms with Gasteiger partial charge in [-0.2, -0.15) is 0 Å². The zero-order chi connectivity index (χ0) is 39.1. The number of amides is 1. The number of hydrogen-bond donors (Lipinski definition) is 7. The maximum atomic E-state index is 12.1. The third-order valence-electron chi connectivity index (χ3n) is 7.45. The molecule has 0 aliphatic rings. The second-order valence-electron chi connectivity index (χ2n) is 11.6. The lowest BCUT2D eigenvalue weighted by Gasteiger charge is -2.11. The summed E-state index contributed by atoms with van der Waals surface area (Å²) in [6.45, 7) is 8.96. The number of unbranched alkanes of at least 4 members (excludes halogenated alkanes) is 1. The van der Waals surface area contributed by atoms with E-state index in [2.05, 4.69) is 20.3 Å². The Morgan fingerprint density at radius 2 is 1.20 bits per heavy atom. The summed E-state index contributed by atoms with van der Waals surface area (Å²) in [6.07, 6.45) is 1.65. The van der Waals surface area contributed by atoms with E-state index in [0.29, 0.717) is 155 Å². The predicted molar refractivity (Wildman–Crippen MR) is 208 cm³/mol. The number of phenols is 1. The van der Waals surface area contributed by atoms with E-state index in [1.165, 1.54) is 0 Å². The molecule has 0 saturated carbocycles. The van der Waals surface area contributed by atoms with Gasteiger partial charge in [0.05, 0.1) is 123 Å². The van der Waals surface area contributed by atoms with Crippen molar-refractivity contribution < 1.29 is 47.8 Å². The Labute approximate surface area is 317 Å². The van der Waals surface area contributed by atoms with Crippen molar-refractivity contribution in [3.63, 3.8) is 0 Å². The predicted octanol–water partition coefficient (Wildman–Crippen LogP) is 0.266. The molecule has 0 atom stereocenters. The van der Waals surface area contributed by atoms with Gasteiger partial charge in [0.15, 0.2) is 0 Å². The minimum absolute atomic E-state index is 0.0925. The Morgan fingerprint density at radius 1 is 0.704 bits per heavy atom. The second kappa shape index (κ2) is 30.5. The minimum Gasteiger partial charge on any atom is -0.508 e. The third-order valence-corrected chi connectivity index (χ3v) is 7.45. The number of benzene rings is 1. The molecule has 18 nitrogen and oxygen atoms in total. The Hall–Kier alpha value is -3.85. The van der Waals surface area contributed by atoms with Crippen molar-refractivity contribution in [1.29, 1.82) is 0 Å². The van der Waals surface area contributed by atoms with Gasteiger partial charge in [-0.15, -0.1) is 0 Å². The van der Waals surface area contributed by atoms with Crippen LogP contribution in [-0.2, 0) is 42.7 Å². The molecule has 0 aliphatic heterocycles. The standard InChI is InChI=1S/C36H62N8O10/c1-41-35(39)33(34(38)31-27-28-26-29(45)4-5-30(28)44-31)36(40)43-9-3-2-8-42-32(46)6-10-47-12-14-49-16-18-51-20-22-53-24-25-54-23-21-52-19-17-50-15-13-48-11-7-37/h4-5,26-27,44-45H,2-3,6-25,37-38H2,1H3,(H2,39,41)(H2,40,43)(H,42,46). The number of phenolic OH excluding ortho intramolecular Hbond substituents is 1. The zero-order valence-corrected chi connectivity index (χ0v) is 31.7. The largest absolute Gasteiger partial charge is 0.508 e. The number of aromatic nitrogens is 1. The van der Waals surface area contributed by atoms with Gasteiger partial charge in [0.25, 0.3) is 0 Å². The summed E-state index contributed by atoms with van der Waals surface area (Å²) >= 11 is 0. The Kier molecular flexibility index (Phi) is 26.1. The molecule has 1 aromatic heterocycles. The van der Waals surface area contributed by atoms with Gasteiger partial charge >= 0.3 is 0 Å². The van der Waals surface area contributed by atoms with Gasteiger partial charge in [0.2, 0.25) is 5.91 Å². The first-order chi connectivity index (χ1) is 26.4. The Bertz CT molecular complexity index is 1390. The average molecular weight is 767 g/mol. The van der Waals surface area contributed by atoms with Crippen molar-refractivity contribution in [2.45, 2.75) is 19.3 Å². The SMILES string of the molecule is CN=C(N)C(C(N)=NCCCCNC(=O)CCOCCOCCOCCOCCOCCOCCOCCOCCN)=C(N)c1cc2cc(O)ccc2[nH]1. The molecule has 11 N–H and O–H groups in total. The van der Waals surface area contributed by atoms with Crippen LogP contribution in [0.2, 0.25) is 0 Å². The molecule has 0 spiro atoms. The summed E-state index contributed by atoms with van der Waals surface area (Å²) in [5.41, 5.74) is 26.1. The molecular weight excluding hydrogens is 704 g/mol. The minimum atomic E-state index is -0.0925. The average Bonchev–Trinajstić information content (AvgIpc) is 3.59. The number of nitrogens with one attached hydrogen (secondary N) is 2. The smallest absolute Gasteiger partial charge is 0.222 e. The van der Waals surface area contributed by atoms with Gasteiger partial charge in [0.1, 0.15) is 17.4 Å². The van der Waals surface area contributed by atoms with E-state index in [1.807, 2.05) is 0 Å².